The molecule has 1 aliphatic rings. The van der Waals surface area contributed by atoms with Crippen LogP contribution in [0.4, 0.5) is 0 Å². The third kappa shape index (κ3) is 5.06. The van der Waals surface area contributed by atoms with Gasteiger partial charge in [-0.1, -0.05) is 54.1 Å². The number of nitrogens with one attached hydrogen (secondary N) is 1. The summed E-state index contributed by atoms with van der Waals surface area (Å²) in [5.74, 6) is -0.553. The van der Waals surface area contributed by atoms with Crippen molar-refractivity contribution in [1.29, 1.82) is 0 Å². The summed E-state index contributed by atoms with van der Waals surface area (Å²) in [6.07, 6.45) is 3.41. The number of aryl methyl sites for hydroxylation is 2. The zero-order valence-corrected chi connectivity index (χ0v) is 19.1. The molecule has 1 N–H and O–H groups in total. The van der Waals surface area contributed by atoms with Crippen molar-refractivity contribution in [3.63, 3.8) is 0 Å². The standard InChI is InChI=1S/C27H29N3O3/c1-19-12-13-20(2)23(16-19)24-11-7-15-30(24)25(31)18-29-14-6-10-22(27(29)33)26(32)28-17-21-8-4-3-5-9-21/h3-6,8-10,12-14,16,24H,7,11,15,17-18H2,1-2H3,(H,28,32)/t24-/m0/s1. The van der Waals surface area contributed by atoms with E-state index < -0.39 is 11.5 Å². The van der Waals surface area contributed by atoms with Crippen molar-refractivity contribution in [3.8, 4) is 0 Å². The molecule has 6 nitrogen and oxygen atoms in total. The molecule has 1 fully saturated rings. The highest BCUT2D eigenvalue weighted by Gasteiger charge is 2.31. The van der Waals surface area contributed by atoms with Gasteiger partial charge in [0.25, 0.3) is 11.5 Å². The molecule has 1 atom stereocenters. The Balaban J connectivity index is 1.48. The van der Waals surface area contributed by atoms with Gasteiger partial charge in [-0.3, -0.25) is 14.4 Å². The van der Waals surface area contributed by atoms with Crippen LogP contribution < -0.4 is 10.9 Å². The second kappa shape index (κ2) is 9.86. The minimum Gasteiger partial charge on any atom is -0.348 e. The number of likely N-dealkylation sites (tertiary alicyclic amines) is 1. The number of carbonyl (C=O) groups excluding carboxylic acids is 2. The molecule has 0 spiro atoms. The van der Waals surface area contributed by atoms with Gasteiger partial charge in [0.15, 0.2) is 0 Å². The molecule has 3 aromatic rings. The Bertz CT molecular complexity index is 1220. The van der Waals surface area contributed by atoms with E-state index in [-0.39, 0.29) is 24.1 Å². The molecule has 1 aliphatic heterocycles. The van der Waals surface area contributed by atoms with E-state index in [1.807, 2.05) is 35.2 Å². The summed E-state index contributed by atoms with van der Waals surface area (Å²) < 4.78 is 1.33. The van der Waals surface area contributed by atoms with Gasteiger partial charge in [0, 0.05) is 19.3 Å². The molecule has 0 bridgehead atoms. The summed E-state index contributed by atoms with van der Waals surface area (Å²) in [7, 11) is 0. The lowest BCUT2D eigenvalue weighted by atomic mass is 9.97. The summed E-state index contributed by atoms with van der Waals surface area (Å²) in [4.78, 5) is 40.6. The lowest BCUT2D eigenvalue weighted by Gasteiger charge is -2.27. The third-order valence-electron chi connectivity index (χ3n) is 6.23. The fourth-order valence-electron chi connectivity index (χ4n) is 4.45. The highest BCUT2D eigenvalue weighted by atomic mass is 16.2. The molecule has 1 saturated heterocycles. The van der Waals surface area contributed by atoms with Gasteiger partial charge in [-0.2, -0.15) is 0 Å². The Morgan fingerprint density at radius 3 is 2.61 bits per heavy atom. The number of amides is 2. The first-order valence-electron chi connectivity index (χ1n) is 11.3. The smallest absolute Gasteiger partial charge is 0.263 e. The first kappa shape index (κ1) is 22.5. The monoisotopic (exact) mass is 443 g/mol. The first-order valence-corrected chi connectivity index (χ1v) is 11.3. The third-order valence-corrected chi connectivity index (χ3v) is 6.23. The molecule has 0 radical (unpaired) electrons. The van der Waals surface area contributed by atoms with Gasteiger partial charge in [0.1, 0.15) is 12.1 Å². The van der Waals surface area contributed by atoms with Gasteiger partial charge in [-0.25, -0.2) is 0 Å². The molecule has 6 heteroatoms. The molecular formula is C27H29N3O3. The van der Waals surface area contributed by atoms with E-state index in [0.717, 1.165) is 18.4 Å². The predicted octanol–water partition coefficient (Wildman–Crippen LogP) is 3.76. The van der Waals surface area contributed by atoms with E-state index in [1.54, 1.807) is 12.3 Å². The Morgan fingerprint density at radius 2 is 1.82 bits per heavy atom. The molecule has 170 valence electrons. The van der Waals surface area contributed by atoms with E-state index in [0.29, 0.717) is 13.1 Å². The van der Waals surface area contributed by atoms with E-state index in [2.05, 4.69) is 37.4 Å². The van der Waals surface area contributed by atoms with Gasteiger partial charge < -0.3 is 14.8 Å². The SMILES string of the molecule is Cc1ccc(C)c([C@@H]2CCCN2C(=O)Cn2cccc(C(=O)NCc3ccccc3)c2=O)c1. The fraction of sp³-hybridized carbons (Fsp3) is 0.296. The quantitative estimate of drug-likeness (QED) is 0.631. The molecule has 1 aromatic heterocycles. The zero-order chi connectivity index (χ0) is 23.4. The highest BCUT2D eigenvalue weighted by Crippen LogP contribution is 2.34. The number of hydrogen-bond acceptors (Lipinski definition) is 3. The summed E-state index contributed by atoms with van der Waals surface area (Å²) in [6.45, 7) is 5.04. The van der Waals surface area contributed by atoms with Crippen LogP contribution in [0.1, 0.15) is 51.5 Å². The summed E-state index contributed by atoms with van der Waals surface area (Å²) in [5, 5.41) is 2.78. The Labute approximate surface area is 193 Å². The van der Waals surface area contributed by atoms with Crippen molar-refractivity contribution >= 4 is 11.8 Å². The molecule has 2 heterocycles. The average molecular weight is 444 g/mol. The fourth-order valence-corrected chi connectivity index (χ4v) is 4.45. The number of rotatable bonds is 6. The van der Waals surface area contributed by atoms with Crippen LogP contribution in [0, 0.1) is 13.8 Å². The Morgan fingerprint density at radius 1 is 1.03 bits per heavy atom. The Kier molecular flexibility index (Phi) is 6.73. The number of nitrogens with zero attached hydrogens (tertiary/aromatic N) is 2. The van der Waals surface area contributed by atoms with E-state index >= 15 is 0 Å². The van der Waals surface area contributed by atoms with Crippen molar-refractivity contribution in [3.05, 3.63) is 105 Å². The van der Waals surface area contributed by atoms with Crippen LogP contribution in [-0.4, -0.2) is 27.8 Å². The number of benzene rings is 2. The van der Waals surface area contributed by atoms with Crippen LogP contribution >= 0.6 is 0 Å². The van der Waals surface area contributed by atoms with E-state index in [1.165, 1.54) is 27.3 Å². The topological polar surface area (TPSA) is 71.4 Å². The molecule has 0 aliphatic carbocycles. The van der Waals surface area contributed by atoms with Gasteiger partial charge in [-0.05, 0) is 55.5 Å². The maximum atomic E-state index is 13.2. The minimum atomic E-state index is -0.459. The van der Waals surface area contributed by atoms with Crippen LogP contribution in [0.3, 0.4) is 0 Å². The number of pyridine rings is 1. The van der Waals surface area contributed by atoms with Crippen LogP contribution in [-0.2, 0) is 17.9 Å². The molecule has 4 rings (SSSR count). The average Bonchev–Trinajstić information content (AvgIpc) is 3.31. The second-order valence-electron chi connectivity index (χ2n) is 8.63. The molecule has 2 aromatic carbocycles. The van der Waals surface area contributed by atoms with Crippen molar-refractivity contribution in [1.82, 2.24) is 14.8 Å². The Hall–Kier alpha value is -3.67. The summed E-state index contributed by atoms with van der Waals surface area (Å²) in [5.41, 5.74) is 4.03. The van der Waals surface area contributed by atoms with Crippen LogP contribution in [0.25, 0.3) is 0 Å². The number of carbonyl (C=O) groups is 2. The summed E-state index contributed by atoms with van der Waals surface area (Å²) >= 11 is 0. The number of aromatic nitrogens is 1. The maximum Gasteiger partial charge on any atom is 0.263 e. The van der Waals surface area contributed by atoms with Gasteiger partial charge in [-0.15, -0.1) is 0 Å². The van der Waals surface area contributed by atoms with Crippen molar-refractivity contribution in [2.75, 3.05) is 6.54 Å². The van der Waals surface area contributed by atoms with Crippen LogP contribution in [0.2, 0.25) is 0 Å². The normalized spacial score (nSPS) is 15.5. The molecular weight excluding hydrogens is 414 g/mol. The molecule has 2 amide bonds. The maximum absolute atomic E-state index is 13.2. The van der Waals surface area contributed by atoms with E-state index in [4.69, 9.17) is 0 Å². The van der Waals surface area contributed by atoms with Crippen LogP contribution in [0.5, 0.6) is 0 Å². The molecule has 0 unspecified atom stereocenters. The lowest BCUT2D eigenvalue weighted by Crippen LogP contribution is -2.38. The van der Waals surface area contributed by atoms with Gasteiger partial charge in [0.05, 0.1) is 6.04 Å². The van der Waals surface area contributed by atoms with Crippen molar-refractivity contribution in [2.45, 2.75) is 45.8 Å². The lowest BCUT2D eigenvalue weighted by molar-refractivity contribution is -0.132. The minimum absolute atomic E-state index is 0.0189. The second-order valence-corrected chi connectivity index (χ2v) is 8.63. The van der Waals surface area contributed by atoms with Crippen molar-refractivity contribution in [2.24, 2.45) is 0 Å². The summed E-state index contributed by atoms with van der Waals surface area (Å²) in [6, 6.07) is 19.0. The largest absolute Gasteiger partial charge is 0.348 e. The highest BCUT2D eigenvalue weighted by molar-refractivity contribution is 5.93. The van der Waals surface area contributed by atoms with Crippen LogP contribution in [0.15, 0.2) is 71.7 Å². The zero-order valence-electron chi connectivity index (χ0n) is 19.1. The first-order chi connectivity index (χ1) is 15.9. The van der Waals surface area contributed by atoms with E-state index in [9.17, 15) is 14.4 Å². The van der Waals surface area contributed by atoms with Gasteiger partial charge >= 0.3 is 0 Å². The number of hydrogen-bond donors (Lipinski definition) is 1. The van der Waals surface area contributed by atoms with Crippen molar-refractivity contribution < 1.29 is 9.59 Å². The molecule has 0 saturated carbocycles. The van der Waals surface area contributed by atoms with Gasteiger partial charge in [0.2, 0.25) is 5.91 Å². The molecule has 33 heavy (non-hydrogen) atoms. The predicted molar refractivity (Wildman–Crippen MR) is 128 cm³/mol.